The Morgan fingerprint density at radius 1 is 1.22 bits per heavy atom. The van der Waals surface area contributed by atoms with Gasteiger partial charge in [-0.2, -0.15) is 0 Å². The van der Waals surface area contributed by atoms with Crippen molar-refractivity contribution in [2.24, 2.45) is 0 Å². The van der Waals surface area contributed by atoms with Gasteiger partial charge in [0.15, 0.2) is 5.82 Å². The van der Waals surface area contributed by atoms with Gasteiger partial charge in [0.1, 0.15) is 0 Å². The summed E-state index contributed by atoms with van der Waals surface area (Å²) in [5.41, 5.74) is 0. The van der Waals surface area contributed by atoms with Gasteiger partial charge in [-0.05, 0) is 36.2 Å². The molecule has 0 aromatic carbocycles. The van der Waals surface area contributed by atoms with Crippen LogP contribution in [0.2, 0.25) is 0 Å². The molecular formula is C16H30N6O. The molecule has 2 atom stereocenters. The number of likely N-dealkylation sites (N-methyl/N-ethyl adjacent to an activating group) is 1. The van der Waals surface area contributed by atoms with Gasteiger partial charge in [-0.25, -0.2) is 4.68 Å². The minimum Gasteiger partial charge on any atom is -0.376 e. The summed E-state index contributed by atoms with van der Waals surface area (Å²) in [5.74, 6) is 1.02. The molecule has 3 heterocycles. The number of hydrogen-bond donors (Lipinski definition) is 0. The van der Waals surface area contributed by atoms with E-state index in [9.17, 15) is 0 Å². The summed E-state index contributed by atoms with van der Waals surface area (Å²) >= 11 is 0. The first-order valence-electron chi connectivity index (χ1n) is 9.15. The number of piperazine rings is 1. The van der Waals surface area contributed by atoms with E-state index in [0.29, 0.717) is 6.04 Å². The first kappa shape index (κ1) is 16.8. The second-order valence-electron chi connectivity index (χ2n) is 6.63. The Morgan fingerprint density at radius 2 is 2.04 bits per heavy atom. The molecule has 2 aliphatic heterocycles. The Hall–Kier alpha value is -1.05. The van der Waals surface area contributed by atoms with Crippen molar-refractivity contribution in [1.82, 2.24) is 30.0 Å². The van der Waals surface area contributed by atoms with Gasteiger partial charge < -0.3 is 9.64 Å². The van der Waals surface area contributed by atoms with Gasteiger partial charge in [-0.15, -0.1) is 5.10 Å². The molecule has 0 radical (unpaired) electrons. The van der Waals surface area contributed by atoms with E-state index in [2.05, 4.69) is 39.2 Å². The maximum Gasteiger partial charge on any atom is 0.168 e. The van der Waals surface area contributed by atoms with Crippen LogP contribution in [0, 0.1) is 0 Å². The van der Waals surface area contributed by atoms with Crippen LogP contribution < -0.4 is 0 Å². The molecule has 2 saturated heterocycles. The van der Waals surface area contributed by atoms with E-state index in [1.165, 1.54) is 0 Å². The highest BCUT2D eigenvalue weighted by atomic mass is 16.5. The zero-order chi connectivity index (χ0) is 16.1. The third-order valence-electron chi connectivity index (χ3n) is 5.12. The maximum absolute atomic E-state index is 5.76. The Labute approximate surface area is 139 Å². The van der Waals surface area contributed by atoms with Crippen LogP contribution in [0.3, 0.4) is 0 Å². The second kappa shape index (κ2) is 8.17. The highest BCUT2D eigenvalue weighted by Gasteiger charge is 2.29. The van der Waals surface area contributed by atoms with Crippen LogP contribution in [0.1, 0.15) is 51.4 Å². The van der Waals surface area contributed by atoms with Crippen LogP contribution in [-0.4, -0.2) is 75.4 Å². The normalized spacial score (nSPS) is 25.0. The van der Waals surface area contributed by atoms with Gasteiger partial charge in [-0.1, -0.05) is 20.3 Å². The van der Waals surface area contributed by atoms with E-state index >= 15 is 0 Å². The van der Waals surface area contributed by atoms with Gasteiger partial charge in [0, 0.05) is 32.8 Å². The summed E-state index contributed by atoms with van der Waals surface area (Å²) in [7, 11) is 0. The van der Waals surface area contributed by atoms with Gasteiger partial charge >= 0.3 is 0 Å². The second-order valence-corrected chi connectivity index (χ2v) is 6.63. The summed E-state index contributed by atoms with van der Waals surface area (Å²) in [6.07, 6.45) is 4.80. The summed E-state index contributed by atoms with van der Waals surface area (Å²) in [6.45, 7) is 11.8. The van der Waals surface area contributed by atoms with E-state index in [1.807, 2.05) is 4.68 Å². The highest BCUT2D eigenvalue weighted by Crippen LogP contribution is 2.26. The average molecular weight is 322 g/mol. The molecule has 7 heteroatoms. The molecule has 3 rings (SSSR count). The molecular weight excluding hydrogens is 292 g/mol. The standard InChI is InChI=1S/C16H30N6O/c1-3-6-15(21-10-8-20(4-2)9-11-21)16-17-18-19-22(16)13-14-7-5-12-23-14/h14-15H,3-13H2,1-2H3/t14-,15-/m0/s1. The van der Waals surface area contributed by atoms with E-state index in [1.54, 1.807) is 0 Å². The van der Waals surface area contributed by atoms with Crippen molar-refractivity contribution in [2.75, 3.05) is 39.3 Å². The predicted octanol–water partition coefficient (Wildman–Crippen LogP) is 1.33. The molecule has 0 N–H and O–H groups in total. The van der Waals surface area contributed by atoms with Crippen LogP contribution in [0.25, 0.3) is 0 Å². The van der Waals surface area contributed by atoms with Crippen molar-refractivity contribution in [3.05, 3.63) is 5.82 Å². The fourth-order valence-corrected chi connectivity index (χ4v) is 3.70. The SMILES string of the molecule is CCC[C@@H](c1nnnn1C[C@@H]1CCCO1)N1CCN(CC)CC1. The lowest BCUT2D eigenvalue weighted by Gasteiger charge is -2.38. The van der Waals surface area contributed by atoms with Gasteiger partial charge in [0.25, 0.3) is 0 Å². The molecule has 0 saturated carbocycles. The maximum atomic E-state index is 5.76. The first-order valence-corrected chi connectivity index (χ1v) is 9.15. The number of hydrogen-bond acceptors (Lipinski definition) is 6. The number of ether oxygens (including phenoxy) is 1. The van der Waals surface area contributed by atoms with Crippen LogP contribution in [0.4, 0.5) is 0 Å². The number of nitrogens with zero attached hydrogens (tertiary/aromatic N) is 6. The number of tetrazole rings is 1. The molecule has 0 amide bonds. The smallest absolute Gasteiger partial charge is 0.168 e. The molecule has 0 aliphatic carbocycles. The molecule has 23 heavy (non-hydrogen) atoms. The zero-order valence-electron chi connectivity index (χ0n) is 14.5. The van der Waals surface area contributed by atoms with Crippen molar-refractivity contribution >= 4 is 0 Å². The van der Waals surface area contributed by atoms with Crippen LogP contribution in [0.5, 0.6) is 0 Å². The highest BCUT2D eigenvalue weighted by molar-refractivity contribution is 4.95. The van der Waals surface area contributed by atoms with Crippen LogP contribution in [0.15, 0.2) is 0 Å². The third kappa shape index (κ3) is 4.08. The Morgan fingerprint density at radius 3 is 2.70 bits per heavy atom. The molecule has 0 bridgehead atoms. The van der Waals surface area contributed by atoms with E-state index < -0.39 is 0 Å². The monoisotopic (exact) mass is 322 g/mol. The largest absolute Gasteiger partial charge is 0.376 e. The third-order valence-corrected chi connectivity index (χ3v) is 5.12. The molecule has 2 aliphatic rings. The molecule has 7 nitrogen and oxygen atoms in total. The lowest BCUT2D eigenvalue weighted by Crippen LogP contribution is -2.48. The molecule has 130 valence electrons. The van der Waals surface area contributed by atoms with Crippen LogP contribution in [-0.2, 0) is 11.3 Å². The van der Waals surface area contributed by atoms with Crippen molar-refractivity contribution in [2.45, 2.75) is 58.2 Å². The predicted molar refractivity (Wildman–Crippen MR) is 88.1 cm³/mol. The number of aromatic nitrogens is 4. The summed E-state index contributed by atoms with van der Waals surface area (Å²) in [4.78, 5) is 5.07. The Kier molecular flexibility index (Phi) is 5.96. The van der Waals surface area contributed by atoms with E-state index in [4.69, 9.17) is 4.74 Å². The van der Waals surface area contributed by atoms with Crippen molar-refractivity contribution < 1.29 is 4.74 Å². The quantitative estimate of drug-likeness (QED) is 0.755. The first-order chi connectivity index (χ1) is 11.3. The minimum atomic E-state index is 0.275. The lowest BCUT2D eigenvalue weighted by molar-refractivity contribution is 0.0774. The molecule has 0 spiro atoms. The van der Waals surface area contributed by atoms with E-state index in [0.717, 1.165) is 77.4 Å². The van der Waals surface area contributed by atoms with Crippen molar-refractivity contribution in [1.29, 1.82) is 0 Å². The van der Waals surface area contributed by atoms with Crippen molar-refractivity contribution in [3.63, 3.8) is 0 Å². The van der Waals surface area contributed by atoms with Gasteiger partial charge in [0.2, 0.25) is 0 Å². The fraction of sp³-hybridized carbons (Fsp3) is 0.938. The summed E-state index contributed by atoms with van der Waals surface area (Å²) < 4.78 is 7.75. The molecule has 1 aromatic rings. The van der Waals surface area contributed by atoms with E-state index in [-0.39, 0.29) is 6.10 Å². The summed E-state index contributed by atoms with van der Waals surface area (Å²) in [6, 6.07) is 0.329. The van der Waals surface area contributed by atoms with Crippen molar-refractivity contribution in [3.8, 4) is 0 Å². The average Bonchev–Trinajstić information content (AvgIpc) is 3.25. The Balaban J connectivity index is 1.69. The van der Waals surface area contributed by atoms with Gasteiger partial charge in [-0.3, -0.25) is 4.90 Å². The molecule has 0 unspecified atom stereocenters. The lowest BCUT2D eigenvalue weighted by atomic mass is 10.1. The number of rotatable bonds is 7. The fourth-order valence-electron chi connectivity index (χ4n) is 3.70. The Bertz CT molecular complexity index is 465. The minimum absolute atomic E-state index is 0.275. The van der Waals surface area contributed by atoms with Crippen LogP contribution >= 0.6 is 0 Å². The molecule has 1 aromatic heterocycles. The van der Waals surface area contributed by atoms with Gasteiger partial charge in [0.05, 0.1) is 18.7 Å². The summed E-state index contributed by atoms with van der Waals surface area (Å²) in [5, 5.41) is 12.6. The zero-order valence-corrected chi connectivity index (χ0v) is 14.5. The molecule has 2 fully saturated rings. The topological polar surface area (TPSA) is 59.3 Å².